The number of carbonyl (C=O) groups excluding carboxylic acids is 1. The monoisotopic (exact) mass is 267 g/mol. The van der Waals surface area contributed by atoms with Crippen LogP contribution in [-0.2, 0) is 15.1 Å². The van der Waals surface area contributed by atoms with Gasteiger partial charge in [0.2, 0.25) is 0 Å². The highest BCUT2D eigenvalue weighted by Gasteiger charge is 2.42. The Hall–Kier alpha value is -1.06. The minimum atomic E-state index is -0.866. The second kappa shape index (κ2) is 5.29. The highest BCUT2D eigenvalue weighted by Crippen LogP contribution is 2.33. The van der Waals surface area contributed by atoms with E-state index in [0.717, 1.165) is 18.4 Å². The number of esters is 1. The van der Waals surface area contributed by atoms with Gasteiger partial charge in [-0.25, -0.2) is 4.79 Å². The van der Waals surface area contributed by atoms with Crippen molar-refractivity contribution in [1.29, 1.82) is 0 Å². The molecule has 0 bridgehead atoms. The van der Waals surface area contributed by atoms with Crippen molar-refractivity contribution < 1.29 is 9.53 Å². The predicted molar refractivity (Wildman–Crippen MR) is 71.6 cm³/mol. The summed E-state index contributed by atoms with van der Waals surface area (Å²) in [4.78, 5) is 12.2. The fourth-order valence-electron chi connectivity index (χ4n) is 2.02. The Morgan fingerprint density at radius 3 is 2.72 bits per heavy atom. The van der Waals surface area contributed by atoms with Crippen molar-refractivity contribution in [3.63, 3.8) is 0 Å². The Morgan fingerprint density at radius 1 is 1.50 bits per heavy atom. The molecular weight excluding hydrogens is 250 g/mol. The van der Waals surface area contributed by atoms with Gasteiger partial charge in [0, 0.05) is 16.6 Å². The Kier molecular flexibility index (Phi) is 3.93. The normalized spacial score (nSPS) is 18.2. The van der Waals surface area contributed by atoms with Crippen molar-refractivity contribution in [3.05, 3.63) is 34.9 Å². The lowest BCUT2D eigenvalue weighted by Crippen LogP contribution is -2.49. The van der Waals surface area contributed by atoms with Crippen LogP contribution in [0.4, 0.5) is 0 Å². The molecule has 1 atom stereocenters. The van der Waals surface area contributed by atoms with E-state index in [9.17, 15) is 4.79 Å². The maximum atomic E-state index is 12.2. The van der Waals surface area contributed by atoms with Gasteiger partial charge in [-0.3, -0.25) is 5.32 Å². The highest BCUT2D eigenvalue weighted by atomic mass is 35.5. The molecule has 0 spiro atoms. The molecule has 0 aromatic heterocycles. The molecule has 18 heavy (non-hydrogen) atoms. The molecule has 98 valence electrons. The van der Waals surface area contributed by atoms with Gasteiger partial charge in [0.15, 0.2) is 0 Å². The van der Waals surface area contributed by atoms with Gasteiger partial charge in [-0.15, -0.1) is 0 Å². The summed E-state index contributed by atoms with van der Waals surface area (Å²) in [6, 6.07) is 7.79. The van der Waals surface area contributed by atoms with E-state index in [0.29, 0.717) is 17.7 Å². The van der Waals surface area contributed by atoms with E-state index in [2.05, 4.69) is 5.32 Å². The van der Waals surface area contributed by atoms with Crippen LogP contribution in [0.3, 0.4) is 0 Å². The molecule has 1 aliphatic rings. The minimum absolute atomic E-state index is 0.273. The van der Waals surface area contributed by atoms with Gasteiger partial charge in [0.25, 0.3) is 0 Å². The zero-order valence-electron chi connectivity index (χ0n) is 10.7. The van der Waals surface area contributed by atoms with Gasteiger partial charge in [0.05, 0.1) is 6.61 Å². The van der Waals surface area contributed by atoms with E-state index in [-0.39, 0.29) is 5.97 Å². The summed E-state index contributed by atoms with van der Waals surface area (Å²) in [5, 5.41) is 3.93. The van der Waals surface area contributed by atoms with Crippen molar-refractivity contribution in [3.8, 4) is 0 Å². The molecular formula is C14H18ClNO2. The topological polar surface area (TPSA) is 38.3 Å². The van der Waals surface area contributed by atoms with Gasteiger partial charge in [0.1, 0.15) is 5.54 Å². The van der Waals surface area contributed by atoms with Crippen molar-refractivity contribution in [2.45, 2.75) is 38.3 Å². The first-order valence-electron chi connectivity index (χ1n) is 6.28. The summed E-state index contributed by atoms with van der Waals surface area (Å²) in [7, 11) is 0. The molecule has 0 saturated heterocycles. The second-order valence-electron chi connectivity index (χ2n) is 4.74. The van der Waals surface area contributed by atoms with E-state index in [1.54, 1.807) is 6.07 Å². The molecule has 3 nitrogen and oxygen atoms in total. The quantitative estimate of drug-likeness (QED) is 0.834. The smallest absolute Gasteiger partial charge is 0.330 e. The van der Waals surface area contributed by atoms with Gasteiger partial charge >= 0.3 is 5.97 Å². The maximum absolute atomic E-state index is 12.2. The van der Waals surface area contributed by atoms with Crippen LogP contribution in [0, 0.1) is 0 Å². The Balaban J connectivity index is 2.34. The fraction of sp³-hybridized carbons (Fsp3) is 0.500. The number of halogens is 1. The minimum Gasteiger partial charge on any atom is -0.464 e. The Labute approximate surface area is 112 Å². The lowest BCUT2D eigenvalue weighted by atomic mass is 9.91. The summed E-state index contributed by atoms with van der Waals surface area (Å²) in [6.45, 7) is 4.01. The van der Waals surface area contributed by atoms with Crippen LogP contribution in [-0.4, -0.2) is 18.6 Å². The first-order chi connectivity index (χ1) is 8.58. The first-order valence-corrected chi connectivity index (χ1v) is 6.65. The maximum Gasteiger partial charge on any atom is 0.330 e. The lowest BCUT2D eigenvalue weighted by molar-refractivity contribution is -0.151. The van der Waals surface area contributed by atoms with Crippen molar-refractivity contribution in [2.24, 2.45) is 0 Å². The number of hydrogen-bond acceptors (Lipinski definition) is 3. The number of ether oxygens (including phenoxy) is 1. The molecule has 0 aliphatic heterocycles. The molecule has 1 N–H and O–H groups in total. The molecule has 0 amide bonds. The Bertz CT molecular complexity index is 445. The van der Waals surface area contributed by atoms with Gasteiger partial charge in [-0.05, 0) is 32.8 Å². The van der Waals surface area contributed by atoms with Crippen LogP contribution in [0.15, 0.2) is 24.3 Å². The van der Waals surface area contributed by atoms with Crippen LogP contribution in [0.2, 0.25) is 5.02 Å². The Morgan fingerprint density at radius 2 is 2.17 bits per heavy atom. The number of nitrogens with one attached hydrogen (secondary N) is 1. The molecule has 0 heterocycles. The third-order valence-corrected chi connectivity index (χ3v) is 3.50. The molecule has 4 heteroatoms. The van der Waals surface area contributed by atoms with E-state index in [4.69, 9.17) is 16.3 Å². The molecule has 1 aromatic rings. The molecule has 0 radical (unpaired) electrons. The molecule has 2 rings (SSSR count). The van der Waals surface area contributed by atoms with Crippen LogP contribution >= 0.6 is 11.6 Å². The molecule has 1 aromatic carbocycles. The average molecular weight is 268 g/mol. The van der Waals surface area contributed by atoms with Gasteiger partial charge in [-0.1, -0.05) is 29.8 Å². The highest BCUT2D eigenvalue weighted by molar-refractivity contribution is 6.31. The van der Waals surface area contributed by atoms with Gasteiger partial charge < -0.3 is 4.74 Å². The summed E-state index contributed by atoms with van der Waals surface area (Å²) < 4.78 is 5.19. The number of hydrogen-bond donors (Lipinski definition) is 1. The average Bonchev–Trinajstić information content (AvgIpc) is 3.13. The van der Waals surface area contributed by atoms with Crippen LogP contribution in [0.5, 0.6) is 0 Å². The summed E-state index contributed by atoms with van der Waals surface area (Å²) in [5.41, 5.74) is -0.0905. The van der Waals surface area contributed by atoms with E-state index < -0.39 is 5.54 Å². The number of carbonyl (C=O) groups is 1. The summed E-state index contributed by atoms with van der Waals surface area (Å²) >= 11 is 6.21. The molecule has 1 saturated carbocycles. The molecule has 1 fully saturated rings. The summed E-state index contributed by atoms with van der Waals surface area (Å²) in [6.07, 6.45) is 2.19. The van der Waals surface area contributed by atoms with E-state index >= 15 is 0 Å². The fourth-order valence-corrected chi connectivity index (χ4v) is 2.35. The number of rotatable bonds is 5. The van der Waals surface area contributed by atoms with E-state index in [1.165, 1.54) is 0 Å². The van der Waals surface area contributed by atoms with Crippen LogP contribution in [0.1, 0.15) is 32.3 Å². The summed E-state index contributed by atoms with van der Waals surface area (Å²) in [5.74, 6) is -0.273. The lowest BCUT2D eigenvalue weighted by Gasteiger charge is -2.30. The largest absolute Gasteiger partial charge is 0.464 e. The predicted octanol–water partition coefficient (Wildman–Crippen LogP) is 2.87. The van der Waals surface area contributed by atoms with Crippen molar-refractivity contribution >= 4 is 17.6 Å². The van der Waals surface area contributed by atoms with E-state index in [1.807, 2.05) is 32.0 Å². The van der Waals surface area contributed by atoms with Crippen molar-refractivity contribution in [2.75, 3.05) is 6.61 Å². The van der Waals surface area contributed by atoms with Crippen LogP contribution < -0.4 is 5.32 Å². The third kappa shape index (κ3) is 2.68. The molecule has 1 unspecified atom stereocenters. The standard InChI is InChI=1S/C14H18ClNO2/c1-3-18-13(17)14(2,16-10-8-9-10)11-6-4-5-7-12(11)15/h4-7,10,16H,3,8-9H2,1-2H3. The zero-order chi connectivity index (χ0) is 13.2. The molecule has 1 aliphatic carbocycles. The third-order valence-electron chi connectivity index (χ3n) is 3.17. The SMILES string of the molecule is CCOC(=O)C(C)(NC1CC1)c1ccccc1Cl. The van der Waals surface area contributed by atoms with Crippen LogP contribution in [0.25, 0.3) is 0 Å². The van der Waals surface area contributed by atoms with Crippen molar-refractivity contribution in [1.82, 2.24) is 5.32 Å². The van der Waals surface area contributed by atoms with Gasteiger partial charge in [-0.2, -0.15) is 0 Å². The zero-order valence-corrected chi connectivity index (χ0v) is 11.5. The number of benzene rings is 1. The first kappa shape index (κ1) is 13.4. The second-order valence-corrected chi connectivity index (χ2v) is 5.15.